The molecule has 116 valence electrons. The summed E-state index contributed by atoms with van der Waals surface area (Å²) in [5.74, 6) is -0.387. The summed E-state index contributed by atoms with van der Waals surface area (Å²) in [6.07, 6.45) is 1.61. The summed E-state index contributed by atoms with van der Waals surface area (Å²) in [5.41, 5.74) is 0.766. The van der Waals surface area contributed by atoms with Gasteiger partial charge in [0.1, 0.15) is 12.3 Å². The van der Waals surface area contributed by atoms with E-state index in [4.69, 9.17) is 9.47 Å². The van der Waals surface area contributed by atoms with E-state index in [2.05, 4.69) is 0 Å². The summed E-state index contributed by atoms with van der Waals surface area (Å²) in [7, 11) is 1.57. The Balaban J connectivity index is 2.12. The summed E-state index contributed by atoms with van der Waals surface area (Å²) in [5, 5.41) is -0.474. The Morgan fingerprint density at radius 1 is 1.27 bits per heavy atom. The van der Waals surface area contributed by atoms with Crippen molar-refractivity contribution in [1.29, 1.82) is 0 Å². The van der Waals surface area contributed by atoms with E-state index in [0.717, 1.165) is 22.2 Å². The van der Waals surface area contributed by atoms with Crippen molar-refractivity contribution in [3.8, 4) is 5.75 Å². The van der Waals surface area contributed by atoms with Crippen LogP contribution in [0.5, 0.6) is 5.75 Å². The van der Waals surface area contributed by atoms with Crippen LogP contribution in [-0.2, 0) is 14.3 Å². The van der Waals surface area contributed by atoms with Crippen molar-refractivity contribution in [2.75, 3.05) is 20.3 Å². The molecule has 1 aromatic rings. The highest BCUT2D eigenvalue weighted by atomic mass is 32.2. The van der Waals surface area contributed by atoms with E-state index in [1.54, 1.807) is 44.4 Å². The van der Waals surface area contributed by atoms with Crippen LogP contribution in [0.15, 0.2) is 29.2 Å². The second-order valence-corrected chi connectivity index (χ2v) is 5.34. The Morgan fingerprint density at radius 3 is 2.55 bits per heavy atom. The lowest BCUT2D eigenvalue weighted by atomic mass is 10.2. The molecule has 6 nitrogen and oxygen atoms in total. The molecular formula is C15H15NO5S. The molecule has 0 bridgehead atoms. The molecule has 1 saturated heterocycles. The van der Waals surface area contributed by atoms with Crippen LogP contribution in [-0.4, -0.2) is 42.3 Å². The largest absolute Gasteiger partial charge is 0.497 e. The zero-order chi connectivity index (χ0) is 16.1. The van der Waals surface area contributed by atoms with Crippen LogP contribution in [0.25, 0.3) is 6.08 Å². The molecule has 0 spiro atoms. The highest BCUT2D eigenvalue weighted by Crippen LogP contribution is 2.32. The quantitative estimate of drug-likeness (QED) is 0.612. The first-order valence-electron chi connectivity index (χ1n) is 6.60. The Kier molecular flexibility index (Phi) is 5.21. The van der Waals surface area contributed by atoms with Crippen LogP contribution in [0.3, 0.4) is 0 Å². The molecular weight excluding hydrogens is 306 g/mol. The molecule has 22 heavy (non-hydrogen) atoms. The summed E-state index contributed by atoms with van der Waals surface area (Å²) in [6, 6.07) is 7.07. The molecule has 0 N–H and O–H groups in total. The predicted octanol–water partition coefficient (Wildman–Crippen LogP) is 2.29. The van der Waals surface area contributed by atoms with Gasteiger partial charge in [-0.05, 0) is 42.5 Å². The molecule has 1 aliphatic heterocycles. The number of imide groups is 1. The van der Waals surface area contributed by atoms with E-state index in [-0.39, 0.29) is 18.1 Å². The van der Waals surface area contributed by atoms with Crippen LogP contribution in [0, 0.1) is 0 Å². The summed E-state index contributed by atoms with van der Waals surface area (Å²) in [4.78, 5) is 36.6. The molecule has 1 heterocycles. The highest BCUT2D eigenvalue weighted by molar-refractivity contribution is 8.18. The number of methoxy groups -OCH3 is 1. The summed E-state index contributed by atoms with van der Waals surface area (Å²) < 4.78 is 9.81. The van der Waals surface area contributed by atoms with Gasteiger partial charge in [-0.25, -0.2) is 0 Å². The number of nitrogens with zero attached hydrogens (tertiary/aromatic N) is 1. The van der Waals surface area contributed by atoms with Gasteiger partial charge in [-0.15, -0.1) is 0 Å². The van der Waals surface area contributed by atoms with Crippen LogP contribution >= 0.6 is 11.8 Å². The van der Waals surface area contributed by atoms with Crippen molar-refractivity contribution in [1.82, 2.24) is 4.90 Å². The van der Waals surface area contributed by atoms with Gasteiger partial charge < -0.3 is 9.47 Å². The van der Waals surface area contributed by atoms with E-state index in [9.17, 15) is 14.4 Å². The smallest absolute Gasteiger partial charge is 0.326 e. The van der Waals surface area contributed by atoms with E-state index in [1.807, 2.05) is 0 Å². The van der Waals surface area contributed by atoms with Crippen molar-refractivity contribution in [2.45, 2.75) is 6.92 Å². The number of ether oxygens (including phenoxy) is 2. The van der Waals surface area contributed by atoms with Crippen LogP contribution in [0.1, 0.15) is 12.5 Å². The average molecular weight is 321 g/mol. The van der Waals surface area contributed by atoms with Crippen molar-refractivity contribution in [3.05, 3.63) is 34.7 Å². The molecule has 2 amide bonds. The van der Waals surface area contributed by atoms with Gasteiger partial charge in [-0.1, -0.05) is 12.1 Å². The van der Waals surface area contributed by atoms with Gasteiger partial charge in [0.05, 0.1) is 18.6 Å². The molecule has 7 heteroatoms. The molecule has 0 aliphatic carbocycles. The van der Waals surface area contributed by atoms with Crippen molar-refractivity contribution >= 4 is 35.0 Å². The minimum Gasteiger partial charge on any atom is -0.497 e. The SMILES string of the molecule is CCOC(=O)CN1C(=O)S/C(=C\c2ccc(OC)cc2)C1=O. The normalized spacial score (nSPS) is 16.3. The van der Waals surface area contributed by atoms with E-state index < -0.39 is 17.1 Å². The zero-order valence-corrected chi connectivity index (χ0v) is 13.0. The second-order valence-electron chi connectivity index (χ2n) is 4.35. The Morgan fingerprint density at radius 2 is 1.95 bits per heavy atom. The number of carbonyl (C=O) groups is 3. The number of amides is 2. The summed E-state index contributed by atoms with van der Waals surface area (Å²) in [6.45, 7) is 1.50. The van der Waals surface area contributed by atoms with Crippen LogP contribution in [0.4, 0.5) is 4.79 Å². The standard InChI is InChI=1S/C15H15NO5S/c1-3-21-13(17)9-16-14(18)12(22-15(16)19)8-10-4-6-11(20-2)7-5-10/h4-8H,3,9H2,1-2H3/b12-8-. The van der Waals surface area contributed by atoms with Gasteiger partial charge in [0.25, 0.3) is 11.1 Å². The Labute approximate surface area is 132 Å². The third kappa shape index (κ3) is 3.67. The highest BCUT2D eigenvalue weighted by Gasteiger charge is 2.36. The minimum atomic E-state index is -0.601. The molecule has 2 rings (SSSR count). The lowest BCUT2D eigenvalue weighted by Gasteiger charge is -2.10. The van der Waals surface area contributed by atoms with E-state index >= 15 is 0 Å². The fraction of sp³-hybridized carbons (Fsp3) is 0.267. The lowest BCUT2D eigenvalue weighted by molar-refractivity contribution is -0.145. The van der Waals surface area contributed by atoms with Gasteiger partial charge in [0.2, 0.25) is 0 Å². The van der Waals surface area contributed by atoms with Crippen LogP contribution < -0.4 is 4.74 Å². The predicted molar refractivity (Wildman–Crippen MR) is 82.3 cm³/mol. The van der Waals surface area contributed by atoms with Crippen molar-refractivity contribution < 1.29 is 23.9 Å². The third-order valence-corrected chi connectivity index (χ3v) is 3.79. The maximum absolute atomic E-state index is 12.2. The van der Waals surface area contributed by atoms with Crippen molar-refractivity contribution in [2.24, 2.45) is 0 Å². The van der Waals surface area contributed by atoms with Gasteiger partial charge in [0.15, 0.2) is 0 Å². The Bertz CT molecular complexity index is 623. The second kappa shape index (κ2) is 7.13. The number of benzene rings is 1. The molecule has 0 saturated carbocycles. The minimum absolute atomic E-state index is 0.205. The van der Waals surface area contributed by atoms with Gasteiger partial charge in [0, 0.05) is 0 Å². The van der Waals surface area contributed by atoms with Crippen LogP contribution in [0.2, 0.25) is 0 Å². The number of carbonyl (C=O) groups excluding carboxylic acids is 3. The number of hydrogen-bond donors (Lipinski definition) is 0. The topological polar surface area (TPSA) is 72.9 Å². The number of esters is 1. The molecule has 1 aliphatic rings. The van der Waals surface area contributed by atoms with Gasteiger partial charge in [-0.2, -0.15) is 0 Å². The van der Waals surface area contributed by atoms with Gasteiger partial charge >= 0.3 is 5.97 Å². The molecule has 0 aromatic heterocycles. The fourth-order valence-electron chi connectivity index (χ4n) is 1.82. The third-order valence-electron chi connectivity index (χ3n) is 2.88. The zero-order valence-electron chi connectivity index (χ0n) is 12.2. The number of hydrogen-bond acceptors (Lipinski definition) is 6. The molecule has 1 fully saturated rings. The van der Waals surface area contributed by atoms with E-state index in [0.29, 0.717) is 5.75 Å². The molecule has 1 aromatic carbocycles. The summed E-state index contributed by atoms with van der Waals surface area (Å²) >= 11 is 0.806. The van der Waals surface area contributed by atoms with Crippen molar-refractivity contribution in [3.63, 3.8) is 0 Å². The monoisotopic (exact) mass is 321 g/mol. The molecule has 0 unspecified atom stereocenters. The number of rotatable bonds is 5. The Hall–Kier alpha value is -2.28. The first-order valence-corrected chi connectivity index (χ1v) is 7.42. The fourth-order valence-corrected chi connectivity index (χ4v) is 2.66. The van der Waals surface area contributed by atoms with Gasteiger partial charge in [-0.3, -0.25) is 19.3 Å². The maximum Gasteiger partial charge on any atom is 0.326 e. The first-order chi connectivity index (χ1) is 10.5. The molecule has 0 atom stereocenters. The first kappa shape index (κ1) is 16.1. The molecule has 0 radical (unpaired) electrons. The van der Waals surface area contributed by atoms with E-state index in [1.165, 1.54) is 0 Å². The average Bonchev–Trinajstić information content (AvgIpc) is 2.76. The maximum atomic E-state index is 12.2. The number of thioether (sulfide) groups is 1. The lowest BCUT2D eigenvalue weighted by Crippen LogP contribution is -2.34.